The van der Waals surface area contributed by atoms with E-state index in [0.29, 0.717) is 21.4 Å². The standard InChI is InChI=1S/C14H20N4O2S/c1-3-10-8(4-5-20-10)7-18-14-9(6-15)11(16)12(21-14)13(19)17-2/h8,10,18H,3-5,7,16H2,1-2H3,(H,17,19). The van der Waals surface area contributed by atoms with Crippen molar-refractivity contribution in [2.75, 3.05) is 31.2 Å². The summed E-state index contributed by atoms with van der Waals surface area (Å²) in [6.07, 6.45) is 2.25. The lowest BCUT2D eigenvalue weighted by atomic mass is 10.00. The van der Waals surface area contributed by atoms with Crippen LogP contribution in [0.4, 0.5) is 10.7 Å². The molecule has 2 rings (SSSR count). The van der Waals surface area contributed by atoms with Crippen LogP contribution >= 0.6 is 11.3 Å². The summed E-state index contributed by atoms with van der Waals surface area (Å²) < 4.78 is 5.65. The molecule has 1 aliphatic heterocycles. The number of nitrogens with two attached hydrogens (primary N) is 1. The maximum atomic E-state index is 11.7. The van der Waals surface area contributed by atoms with Crippen molar-refractivity contribution >= 4 is 27.9 Å². The number of nitrogens with one attached hydrogen (secondary N) is 2. The van der Waals surface area contributed by atoms with Crippen LogP contribution in [0.15, 0.2) is 0 Å². The van der Waals surface area contributed by atoms with Crippen LogP contribution in [0.5, 0.6) is 0 Å². The Morgan fingerprint density at radius 2 is 2.38 bits per heavy atom. The van der Waals surface area contributed by atoms with Crippen molar-refractivity contribution in [2.45, 2.75) is 25.9 Å². The van der Waals surface area contributed by atoms with Crippen LogP contribution in [-0.2, 0) is 4.74 Å². The molecular weight excluding hydrogens is 288 g/mol. The summed E-state index contributed by atoms with van der Waals surface area (Å²) in [7, 11) is 1.54. The van der Waals surface area contributed by atoms with E-state index in [1.807, 2.05) is 0 Å². The zero-order valence-electron chi connectivity index (χ0n) is 12.2. The molecule has 7 heteroatoms. The summed E-state index contributed by atoms with van der Waals surface area (Å²) in [6.45, 7) is 3.61. The number of carbonyl (C=O) groups is 1. The highest BCUT2D eigenvalue weighted by Gasteiger charge is 2.27. The molecule has 0 aromatic carbocycles. The molecule has 6 nitrogen and oxygen atoms in total. The third kappa shape index (κ3) is 3.12. The molecule has 1 amide bonds. The number of thiophene rings is 1. The zero-order valence-corrected chi connectivity index (χ0v) is 13.0. The van der Waals surface area contributed by atoms with Gasteiger partial charge in [0.1, 0.15) is 21.5 Å². The molecule has 0 aliphatic carbocycles. The molecule has 1 aliphatic rings. The summed E-state index contributed by atoms with van der Waals surface area (Å²) in [5.41, 5.74) is 6.49. The van der Waals surface area contributed by atoms with Crippen molar-refractivity contribution in [1.29, 1.82) is 5.26 Å². The number of nitrogens with zero attached hydrogens (tertiary/aromatic N) is 1. The minimum Gasteiger partial charge on any atom is -0.396 e. The normalized spacial score (nSPS) is 21.0. The Morgan fingerprint density at radius 1 is 1.62 bits per heavy atom. The van der Waals surface area contributed by atoms with Crippen LogP contribution in [0.25, 0.3) is 0 Å². The topological polar surface area (TPSA) is 100 Å². The minimum atomic E-state index is -0.266. The third-order valence-electron chi connectivity index (χ3n) is 3.76. The van der Waals surface area contributed by atoms with Crippen LogP contribution in [-0.4, -0.2) is 32.2 Å². The number of rotatable bonds is 5. The first kappa shape index (κ1) is 15.6. The smallest absolute Gasteiger partial charge is 0.263 e. The molecule has 0 spiro atoms. The van der Waals surface area contributed by atoms with Gasteiger partial charge in [-0.2, -0.15) is 5.26 Å². The van der Waals surface area contributed by atoms with Gasteiger partial charge in [0.05, 0.1) is 11.8 Å². The van der Waals surface area contributed by atoms with Crippen LogP contribution < -0.4 is 16.4 Å². The Bertz CT molecular complexity index is 564. The number of amides is 1. The molecular formula is C14H20N4O2S. The fraction of sp³-hybridized carbons (Fsp3) is 0.571. The molecule has 2 atom stereocenters. The van der Waals surface area contributed by atoms with Crippen LogP contribution in [0, 0.1) is 17.2 Å². The number of carbonyl (C=O) groups excluding carboxylic acids is 1. The summed E-state index contributed by atoms with van der Waals surface area (Å²) in [6, 6.07) is 2.08. The van der Waals surface area contributed by atoms with E-state index in [2.05, 4.69) is 23.6 Å². The molecule has 2 unspecified atom stereocenters. The predicted octanol–water partition coefficient (Wildman–Crippen LogP) is 1.79. The van der Waals surface area contributed by atoms with Gasteiger partial charge in [0.2, 0.25) is 0 Å². The summed E-state index contributed by atoms with van der Waals surface area (Å²) in [5, 5.41) is 15.7. The minimum absolute atomic E-state index is 0.249. The fourth-order valence-electron chi connectivity index (χ4n) is 2.56. The molecule has 21 heavy (non-hydrogen) atoms. The van der Waals surface area contributed by atoms with Gasteiger partial charge in [-0.15, -0.1) is 11.3 Å². The van der Waals surface area contributed by atoms with E-state index in [0.717, 1.165) is 26.0 Å². The van der Waals surface area contributed by atoms with Gasteiger partial charge in [0.15, 0.2) is 0 Å². The Balaban J connectivity index is 2.13. The molecule has 1 fully saturated rings. The fourth-order valence-corrected chi connectivity index (χ4v) is 3.59. The Morgan fingerprint density at radius 3 is 3.00 bits per heavy atom. The second kappa shape index (κ2) is 6.78. The largest absolute Gasteiger partial charge is 0.396 e. The number of nitriles is 1. The van der Waals surface area contributed by atoms with E-state index >= 15 is 0 Å². The molecule has 0 radical (unpaired) electrons. The van der Waals surface area contributed by atoms with Gasteiger partial charge in [0.25, 0.3) is 5.91 Å². The van der Waals surface area contributed by atoms with Crippen molar-refractivity contribution in [2.24, 2.45) is 5.92 Å². The Kier molecular flexibility index (Phi) is 5.04. The van der Waals surface area contributed by atoms with Gasteiger partial charge >= 0.3 is 0 Å². The molecule has 2 heterocycles. The molecule has 1 aromatic rings. The highest BCUT2D eigenvalue weighted by molar-refractivity contribution is 7.18. The van der Waals surface area contributed by atoms with Gasteiger partial charge in [-0.1, -0.05) is 6.92 Å². The third-order valence-corrected chi connectivity index (χ3v) is 4.93. The van der Waals surface area contributed by atoms with E-state index in [-0.39, 0.29) is 17.7 Å². The maximum Gasteiger partial charge on any atom is 0.263 e. The summed E-state index contributed by atoms with van der Waals surface area (Å²) in [4.78, 5) is 12.1. The molecule has 114 valence electrons. The number of nitrogen functional groups attached to an aromatic ring is 1. The molecule has 0 saturated carbocycles. The second-order valence-corrected chi connectivity index (χ2v) is 6.01. The first-order valence-electron chi connectivity index (χ1n) is 7.02. The van der Waals surface area contributed by atoms with E-state index < -0.39 is 0 Å². The van der Waals surface area contributed by atoms with Gasteiger partial charge in [-0.3, -0.25) is 4.79 Å². The van der Waals surface area contributed by atoms with Crippen molar-refractivity contribution in [1.82, 2.24) is 5.32 Å². The Labute approximate surface area is 128 Å². The van der Waals surface area contributed by atoms with Gasteiger partial charge < -0.3 is 21.1 Å². The summed E-state index contributed by atoms with van der Waals surface area (Å²) >= 11 is 1.22. The van der Waals surface area contributed by atoms with Crippen LogP contribution in [0.3, 0.4) is 0 Å². The first-order chi connectivity index (χ1) is 10.1. The predicted molar refractivity (Wildman–Crippen MR) is 83.5 cm³/mol. The molecule has 0 bridgehead atoms. The van der Waals surface area contributed by atoms with Crippen molar-refractivity contribution in [3.05, 3.63) is 10.4 Å². The van der Waals surface area contributed by atoms with E-state index in [1.54, 1.807) is 7.05 Å². The highest BCUT2D eigenvalue weighted by atomic mass is 32.1. The SMILES string of the molecule is CCC1OCCC1CNc1sc(C(=O)NC)c(N)c1C#N. The van der Waals surface area contributed by atoms with E-state index in [1.165, 1.54) is 11.3 Å². The van der Waals surface area contributed by atoms with E-state index in [4.69, 9.17) is 10.5 Å². The molecule has 1 aromatic heterocycles. The number of ether oxygens (including phenoxy) is 1. The lowest BCUT2D eigenvalue weighted by molar-refractivity contribution is 0.0900. The quantitative estimate of drug-likeness (QED) is 0.770. The average Bonchev–Trinajstić information content (AvgIpc) is 3.07. The van der Waals surface area contributed by atoms with Gasteiger partial charge in [-0.25, -0.2) is 0 Å². The Hall–Kier alpha value is -1.78. The first-order valence-corrected chi connectivity index (χ1v) is 7.83. The monoisotopic (exact) mass is 308 g/mol. The zero-order chi connectivity index (χ0) is 15.4. The van der Waals surface area contributed by atoms with E-state index in [9.17, 15) is 10.1 Å². The van der Waals surface area contributed by atoms with Crippen LogP contribution in [0.2, 0.25) is 0 Å². The van der Waals surface area contributed by atoms with Crippen molar-refractivity contribution in [3.63, 3.8) is 0 Å². The lowest BCUT2D eigenvalue weighted by Crippen LogP contribution is -2.22. The molecule has 1 saturated heterocycles. The van der Waals surface area contributed by atoms with Crippen LogP contribution in [0.1, 0.15) is 35.0 Å². The number of hydrogen-bond acceptors (Lipinski definition) is 6. The van der Waals surface area contributed by atoms with Gasteiger partial charge in [-0.05, 0) is 12.8 Å². The van der Waals surface area contributed by atoms with Crippen molar-refractivity contribution in [3.8, 4) is 6.07 Å². The van der Waals surface area contributed by atoms with Gasteiger partial charge in [0, 0.05) is 26.1 Å². The second-order valence-electron chi connectivity index (χ2n) is 4.99. The summed E-state index contributed by atoms with van der Waals surface area (Å²) in [5.74, 6) is 0.158. The number of hydrogen-bond donors (Lipinski definition) is 3. The highest BCUT2D eigenvalue weighted by Crippen LogP contribution is 2.35. The van der Waals surface area contributed by atoms with Crippen molar-refractivity contribution < 1.29 is 9.53 Å². The molecule has 4 N–H and O–H groups in total. The number of anilines is 2. The maximum absolute atomic E-state index is 11.7. The lowest BCUT2D eigenvalue weighted by Gasteiger charge is -2.17. The average molecular weight is 308 g/mol.